The molecule has 1 heterocycles. The molecule has 16 heavy (non-hydrogen) atoms. The van der Waals surface area contributed by atoms with E-state index in [-0.39, 0.29) is 0 Å². The highest BCUT2D eigenvalue weighted by molar-refractivity contribution is 6.29. The zero-order valence-electron chi connectivity index (χ0n) is 9.83. The smallest absolute Gasteiger partial charge is 0.129 e. The van der Waals surface area contributed by atoms with Crippen molar-refractivity contribution in [2.24, 2.45) is 0 Å². The van der Waals surface area contributed by atoms with Crippen molar-refractivity contribution in [3.8, 4) is 0 Å². The van der Waals surface area contributed by atoms with Crippen LogP contribution in [0.3, 0.4) is 0 Å². The minimum Gasteiger partial charge on any atom is -0.384 e. The number of hydrogen-bond donors (Lipinski definition) is 1. The van der Waals surface area contributed by atoms with Crippen LogP contribution in [-0.4, -0.2) is 36.1 Å². The maximum atomic E-state index is 5.72. The number of anilines is 1. The molecule has 0 atom stereocenters. The molecule has 1 aliphatic carbocycles. The van der Waals surface area contributed by atoms with E-state index in [1.807, 2.05) is 12.1 Å². The van der Waals surface area contributed by atoms with Crippen LogP contribution >= 0.6 is 11.6 Å². The lowest BCUT2D eigenvalue weighted by Gasteiger charge is -2.23. The summed E-state index contributed by atoms with van der Waals surface area (Å²) in [6.45, 7) is 0.988. The fourth-order valence-corrected chi connectivity index (χ4v) is 2.10. The van der Waals surface area contributed by atoms with E-state index in [4.69, 9.17) is 11.6 Å². The average Bonchev–Trinajstić information content (AvgIpc) is 3.02. The summed E-state index contributed by atoms with van der Waals surface area (Å²) in [6, 6.07) is 3.77. The molecule has 0 spiro atoms. The molecule has 0 aliphatic heterocycles. The zero-order chi connectivity index (χ0) is 11.6. The summed E-state index contributed by atoms with van der Waals surface area (Å²) in [5, 5.41) is 3.91. The zero-order valence-corrected chi connectivity index (χ0v) is 10.6. The number of rotatable bonds is 5. The van der Waals surface area contributed by atoms with Crippen molar-refractivity contribution in [2.75, 3.05) is 26.0 Å². The van der Waals surface area contributed by atoms with Crippen LogP contribution in [0, 0.1) is 0 Å². The lowest BCUT2D eigenvalue weighted by molar-refractivity contribution is 0.261. The van der Waals surface area contributed by atoms with Gasteiger partial charge in [-0.1, -0.05) is 11.6 Å². The molecule has 3 nitrogen and oxygen atoms in total. The van der Waals surface area contributed by atoms with Crippen LogP contribution in [0.15, 0.2) is 18.3 Å². The average molecular weight is 240 g/mol. The first-order valence-corrected chi connectivity index (χ1v) is 6.03. The molecular weight excluding hydrogens is 222 g/mol. The molecule has 1 saturated carbocycles. The topological polar surface area (TPSA) is 28.2 Å². The second-order valence-electron chi connectivity index (χ2n) is 4.67. The first-order valence-electron chi connectivity index (χ1n) is 5.65. The van der Waals surface area contributed by atoms with Gasteiger partial charge in [0, 0.05) is 12.1 Å². The maximum absolute atomic E-state index is 5.72. The van der Waals surface area contributed by atoms with Gasteiger partial charge in [-0.05, 0) is 45.5 Å². The third-order valence-corrected chi connectivity index (χ3v) is 3.65. The molecule has 1 aliphatic rings. The number of aromatic nitrogens is 1. The molecule has 4 heteroatoms. The first kappa shape index (κ1) is 11.7. The highest BCUT2D eigenvalue weighted by Crippen LogP contribution is 2.42. The Hall–Kier alpha value is -0.800. The Kier molecular flexibility index (Phi) is 3.36. The largest absolute Gasteiger partial charge is 0.384 e. The normalized spacial score (nSPS) is 17.5. The molecule has 1 fully saturated rings. The van der Waals surface area contributed by atoms with E-state index < -0.39 is 0 Å². The molecule has 88 valence electrons. The number of halogens is 1. The molecule has 0 radical (unpaired) electrons. The third-order valence-electron chi connectivity index (χ3n) is 3.42. The number of hydrogen-bond acceptors (Lipinski definition) is 3. The van der Waals surface area contributed by atoms with Gasteiger partial charge in [0.25, 0.3) is 0 Å². The van der Waals surface area contributed by atoms with Crippen LogP contribution in [0.2, 0.25) is 5.15 Å². The SMILES string of the molecule is CN(C)C1(CCNc2ccc(Cl)nc2)CC1. The van der Waals surface area contributed by atoms with Crippen molar-refractivity contribution < 1.29 is 0 Å². The molecular formula is C12H18ClN3. The second kappa shape index (κ2) is 4.60. The Morgan fingerprint density at radius 1 is 1.44 bits per heavy atom. The Bertz CT molecular complexity index is 344. The van der Waals surface area contributed by atoms with Crippen LogP contribution in [0.25, 0.3) is 0 Å². The van der Waals surface area contributed by atoms with Crippen LogP contribution in [-0.2, 0) is 0 Å². The minimum absolute atomic E-state index is 0.451. The number of nitrogens with zero attached hydrogens (tertiary/aromatic N) is 2. The molecule has 1 N–H and O–H groups in total. The van der Waals surface area contributed by atoms with E-state index in [1.165, 1.54) is 19.3 Å². The van der Waals surface area contributed by atoms with Gasteiger partial charge in [-0.15, -0.1) is 0 Å². The Morgan fingerprint density at radius 3 is 2.69 bits per heavy atom. The van der Waals surface area contributed by atoms with Gasteiger partial charge in [-0.3, -0.25) is 0 Å². The summed E-state index contributed by atoms with van der Waals surface area (Å²) in [6.07, 6.45) is 5.60. The van der Waals surface area contributed by atoms with Gasteiger partial charge < -0.3 is 10.2 Å². The highest BCUT2D eigenvalue weighted by Gasteiger charge is 2.43. The predicted molar refractivity (Wildman–Crippen MR) is 68.0 cm³/mol. The Balaban J connectivity index is 1.78. The summed E-state index contributed by atoms with van der Waals surface area (Å²) in [5.74, 6) is 0. The Morgan fingerprint density at radius 2 is 2.19 bits per heavy atom. The van der Waals surface area contributed by atoms with Crippen LogP contribution < -0.4 is 5.32 Å². The number of pyridine rings is 1. The van der Waals surface area contributed by atoms with Gasteiger partial charge in [-0.25, -0.2) is 4.98 Å². The van der Waals surface area contributed by atoms with E-state index in [1.54, 1.807) is 6.20 Å². The van der Waals surface area contributed by atoms with Gasteiger partial charge in [-0.2, -0.15) is 0 Å². The van der Waals surface area contributed by atoms with Gasteiger partial charge in [0.2, 0.25) is 0 Å². The van der Waals surface area contributed by atoms with Gasteiger partial charge in [0.05, 0.1) is 11.9 Å². The standard InChI is InChI=1S/C12H18ClN3/c1-16(2)12(5-6-12)7-8-14-10-3-4-11(13)15-9-10/h3-4,9,14H,5-8H2,1-2H3. The predicted octanol–water partition coefficient (Wildman–Crippen LogP) is 2.63. The summed E-state index contributed by atoms with van der Waals surface area (Å²) >= 11 is 5.72. The highest BCUT2D eigenvalue weighted by atomic mass is 35.5. The quantitative estimate of drug-likeness (QED) is 0.801. The van der Waals surface area contributed by atoms with E-state index in [0.717, 1.165) is 12.2 Å². The molecule has 0 unspecified atom stereocenters. The first-order chi connectivity index (χ1) is 7.62. The monoisotopic (exact) mass is 239 g/mol. The molecule has 2 rings (SSSR count). The third kappa shape index (κ3) is 2.66. The van der Waals surface area contributed by atoms with Crippen molar-refractivity contribution in [1.82, 2.24) is 9.88 Å². The Labute approximate surface area is 102 Å². The molecule has 1 aromatic rings. The molecule has 1 aromatic heterocycles. The lowest BCUT2D eigenvalue weighted by Crippen LogP contribution is -2.31. The van der Waals surface area contributed by atoms with Gasteiger partial charge in [0.1, 0.15) is 5.15 Å². The molecule has 0 bridgehead atoms. The van der Waals surface area contributed by atoms with Crippen molar-refractivity contribution in [2.45, 2.75) is 24.8 Å². The van der Waals surface area contributed by atoms with E-state index in [9.17, 15) is 0 Å². The molecule has 0 aromatic carbocycles. The van der Waals surface area contributed by atoms with Crippen LogP contribution in [0.4, 0.5) is 5.69 Å². The van der Waals surface area contributed by atoms with Gasteiger partial charge >= 0.3 is 0 Å². The van der Waals surface area contributed by atoms with Crippen molar-refractivity contribution >= 4 is 17.3 Å². The van der Waals surface area contributed by atoms with Crippen molar-refractivity contribution in [3.63, 3.8) is 0 Å². The summed E-state index contributed by atoms with van der Waals surface area (Å²) in [5.41, 5.74) is 1.49. The minimum atomic E-state index is 0.451. The van der Waals surface area contributed by atoms with E-state index in [2.05, 4.69) is 29.3 Å². The van der Waals surface area contributed by atoms with Crippen molar-refractivity contribution in [1.29, 1.82) is 0 Å². The lowest BCUT2D eigenvalue weighted by atomic mass is 10.1. The second-order valence-corrected chi connectivity index (χ2v) is 5.05. The maximum Gasteiger partial charge on any atom is 0.129 e. The van der Waals surface area contributed by atoms with E-state index in [0.29, 0.717) is 10.7 Å². The van der Waals surface area contributed by atoms with Crippen LogP contribution in [0.1, 0.15) is 19.3 Å². The fourth-order valence-electron chi connectivity index (χ4n) is 1.99. The van der Waals surface area contributed by atoms with Crippen LogP contribution in [0.5, 0.6) is 0 Å². The van der Waals surface area contributed by atoms with E-state index >= 15 is 0 Å². The van der Waals surface area contributed by atoms with Crippen molar-refractivity contribution in [3.05, 3.63) is 23.5 Å². The molecule has 0 saturated heterocycles. The number of nitrogens with one attached hydrogen (secondary N) is 1. The van der Waals surface area contributed by atoms with Gasteiger partial charge in [0.15, 0.2) is 0 Å². The molecule has 0 amide bonds. The summed E-state index contributed by atoms with van der Waals surface area (Å²) in [7, 11) is 4.33. The summed E-state index contributed by atoms with van der Waals surface area (Å²) in [4.78, 5) is 6.38. The fraction of sp³-hybridized carbons (Fsp3) is 0.583. The summed E-state index contributed by atoms with van der Waals surface area (Å²) < 4.78 is 0.